The minimum Gasteiger partial charge on any atom is -0.287 e. The van der Waals surface area contributed by atoms with Gasteiger partial charge in [0, 0.05) is 18.0 Å². The van der Waals surface area contributed by atoms with Crippen molar-refractivity contribution in [3.05, 3.63) is 59.9 Å². The maximum atomic E-state index is 12.4. The predicted octanol–water partition coefficient (Wildman–Crippen LogP) is 0.957. The summed E-state index contributed by atoms with van der Waals surface area (Å²) >= 11 is 0. The van der Waals surface area contributed by atoms with Crippen LogP contribution in [0.4, 0.5) is 5.69 Å². The van der Waals surface area contributed by atoms with Crippen LogP contribution >= 0.6 is 0 Å². The Bertz CT molecular complexity index is 774. The predicted molar refractivity (Wildman–Crippen MR) is 86.9 cm³/mol. The van der Waals surface area contributed by atoms with Crippen molar-refractivity contribution in [2.24, 2.45) is 0 Å². The van der Waals surface area contributed by atoms with Gasteiger partial charge in [0.15, 0.2) is 0 Å². The minimum atomic E-state index is -0.787. The first-order valence-corrected chi connectivity index (χ1v) is 7.45. The molecule has 2 aromatic rings. The lowest BCUT2D eigenvalue weighted by Gasteiger charge is -2.16. The van der Waals surface area contributed by atoms with Gasteiger partial charge in [-0.05, 0) is 31.2 Å². The van der Waals surface area contributed by atoms with Crippen LogP contribution in [0, 0.1) is 6.92 Å². The van der Waals surface area contributed by atoms with E-state index in [4.69, 9.17) is 0 Å². The normalized spacial score (nSPS) is 17.2. The van der Waals surface area contributed by atoms with Gasteiger partial charge in [0.1, 0.15) is 6.04 Å². The van der Waals surface area contributed by atoms with E-state index >= 15 is 0 Å². The van der Waals surface area contributed by atoms with Crippen LogP contribution in [0.25, 0.3) is 0 Å². The molecule has 2 heterocycles. The number of imide groups is 1. The molecule has 0 spiro atoms. The zero-order valence-electron chi connectivity index (χ0n) is 13.0. The molecule has 1 atom stereocenters. The van der Waals surface area contributed by atoms with E-state index < -0.39 is 11.9 Å². The number of carbonyl (C=O) groups is 3. The smallest absolute Gasteiger partial charge is 0.265 e. The van der Waals surface area contributed by atoms with Gasteiger partial charge < -0.3 is 0 Å². The summed E-state index contributed by atoms with van der Waals surface area (Å²) < 4.78 is 0. The Morgan fingerprint density at radius 2 is 1.79 bits per heavy atom. The monoisotopic (exact) mass is 324 g/mol. The van der Waals surface area contributed by atoms with E-state index in [1.807, 2.05) is 19.1 Å². The Hall–Kier alpha value is -3.06. The van der Waals surface area contributed by atoms with Crippen LogP contribution in [-0.2, 0) is 9.59 Å². The zero-order valence-corrected chi connectivity index (χ0v) is 13.0. The summed E-state index contributed by atoms with van der Waals surface area (Å²) in [6.45, 7) is 1.93. The molecule has 2 N–H and O–H groups in total. The van der Waals surface area contributed by atoms with Crippen molar-refractivity contribution >= 4 is 23.4 Å². The first-order valence-electron chi connectivity index (χ1n) is 7.45. The maximum absolute atomic E-state index is 12.4. The number of hydrogen-bond donors (Lipinski definition) is 2. The van der Waals surface area contributed by atoms with Gasteiger partial charge in [0.25, 0.3) is 11.8 Å². The van der Waals surface area contributed by atoms with E-state index in [2.05, 4.69) is 15.8 Å². The molecule has 0 aliphatic carbocycles. The quantitative estimate of drug-likeness (QED) is 0.645. The van der Waals surface area contributed by atoms with E-state index in [-0.39, 0.29) is 18.2 Å². The van der Waals surface area contributed by atoms with Gasteiger partial charge in [-0.2, -0.15) is 0 Å². The molecular formula is C17H16N4O3. The fraction of sp³-hybridized carbons (Fsp3) is 0.176. The average Bonchev–Trinajstić information content (AvgIpc) is 2.88. The molecule has 1 aliphatic heterocycles. The first kappa shape index (κ1) is 15.8. The standard InChI is InChI=1S/C17H16N4O3/c1-11-2-4-13(5-3-11)21-15(22)10-14(17(21)24)19-20-16(23)12-6-8-18-9-7-12/h2-9,14,19H,10H2,1H3,(H,20,23). The number of aromatic nitrogens is 1. The lowest BCUT2D eigenvalue weighted by Crippen LogP contribution is -2.48. The van der Waals surface area contributed by atoms with E-state index in [1.165, 1.54) is 12.4 Å². The number of carbonyl (C=O) groups excluding carboxylic acids is 3. The van der Waals surface area contributed by atoms with E-state index in [0.29, 0.717) is 11.3 Å². The minimum absolute atomic E-state index is 0.0106. The summed E-state index contributed by atoms with van der Waals surface area (Å²) in [6, 6.07) is 9.44. The number of nitrogens with zero attached hydrogens (tertiary/aromatic N) is 2. The number of rotatable bonds is 4. The number of anilines is 1. The first-order chi connectivity index (χ1) is 11.6. The van der Waals surface area contributed by atoms with Crippen molar-refractivity contribution in [2.75, 3.05) is 4.90 Å². The van der Waals surface area contributed by atoms with Crippen LogP contribution < -0.4 is 15.8 Å². The van der Waals surface area contributed by atoms with Gasteiger partial charge in [-0.3, -0.25) is 24.8 Å². The van der Waals surface area contributed by atoms with Crippen molar-refractivity contribution in [1.29, 1.82) is 0 Å². The SMILES string of the molecule is Cc1ccc(N2C(=O)CC(NNC(=O)c3ccncc3)C2=O)cc1. The summed E-state index contributed by atoms with van der Waals surface area (Å²) in [5.41, 5.74) is 7.07. The Morgan fingerprint density at radius 3 is 2.46 bits per heavy atom. The number of benzene rings is 1. The second kappa shape index (κ2) is 6.59. The summed E-state index contributed by atoms with van der Waals surface area (Å²) in [7, 11) is 0. The fourth-order valence-electron chi connectivity index (χ4n) is 2.44. The molecule has 3 rings (SSSR count). The average molecular weight is 324 g/mol. The third kappa shape index (κ3) is 3.16. The highest BCUT2D eigenvalue weighted by Crippen LogP contribution is 2.22. The lowest BCUT2D eigenvalue weighted by molar-refractivity contribution is -0.121. The highest BCUT2D eigenvalue weighted by atomic mass is 16.2. The zero-order chi connectivity index (χ0) is 17.1. The van der Waals surface area contributed by atoms with Gasteiger partial charge in [0.05, 0.1) is 12.1 Å². The molecular weight excluding hydrogens is 308 g/mol. The summed E-state index contributed by atoms with van der Waals surface area (Å²) in [4.78, 5) is 41.5. The molecule has 7 heteroatoms. The lowest BCUT2D eigenvalue weighted by atomic mass is 10.2. The Morgan fingerprint density at radius 1 is 1.12 bits per heavy atom. The van der Waals surface area contributed by atoms with Crippen LogP contribution in [0.3, 0.4) is 0 Å². The van der Waals surface area contributed by atoms with Gasteiger partial charge >= 0.3 is 0 Å². The molecule has 0 bridgehead atoms. The Kier molecular flexibility index (Phi) is 4.35. The Labute approximate surface area is 138 Å². The van der Waals surface area contributed by atoms with Crippen LogP contribution in [0.2, 0.25) is 0 Å². The molecule has 0 radical (unpaired) electrons. The topological polar surface area (TPSA) is 91.4 Å². The second-order valence-electron chi connectivity index (χ2n) is 5.49. The number of pyridine rings is 1. The third-order valence-corrected chi connectivity index (χ3v) is 3.74. The summed E-state index contributed by atoms with van der Waals surface area (Å²) in [5, 5.41) is 0. The molecule has 3 amide bonds. The summed E-state index contributed by atoms with van der Waals surface area (Å²) in [6.07, 6.45) is 2.99. The molecule has 1 aliphatic rings. The van der Waals surface area contributed by atoms with Crippen LogP contribution in [0.1, 0.15) is 22.3 Å². The van der Waals surface area contributed by atoms with Crippen molar-refractivity contribution in [3.8, 4) is 0 Å². The number of aryl methyl sites for hydroxylation is 1. The largest absolute Gasteiger partial charge is 0.287 e. The molecule has 1 saturated heterocycles. The maximum Gasteiger partial charge on any atom is 0.265 e. The van der Waals surface area contributed by atoms with Crippen LogP contribution in [0.15, 0.2) is 48.8 Å². The number of hydrazine groups is 1. The van der Waals surface area contributed by atoms with E-state index in [1.54, 1.807) is 24.3 Å². The number of amides is 3. The van der Waals surface area contributed by atoms with Gasteiger partial charge in [0.2, 0.25) is 5.91 Å². The van der Waals surface area contributed by atoms with Gasteiger partial charge in [-0.25, -0.2) is 10.3 Å². The number of nitrogens with one attached hydrogen (secondary N) is 2. The molecule has 0 saturated carbocycles. The molecule has 1 unspecified atom stereocenters. The van der Waals surface area contributed by atoms with Gasteiger partial charge in [-0.1, -0.05) is 17.7 Å². The Balaban J connectivity index is 1.66. The van der Waals surface area contributed by atoms with Crippen molar-refractivity contribution in [2.45, 2.75) is 19.4 Å². The van der Waals surface area contributed by atoms with Crippen LogP contribution in [0.5, 0.6) is 0 Å². The molecule has 1 fully saturated rings. The molecule has 24 heavy (non-hydrogen) atoms. The molecule has 7 nitrogen and oxygen atoms in total. The highest BCUT2D eigenvalue weighted by Gasteiger charge is 2.39. The van der Waals surface area contributed by atoms with E-state index in [0.717, 1.165) is 10.5 Å². The van der Waals surface area contributed by atoms with Crippen LogP contribution in [-0.4, -0.2) is 28.7 Å². The summed E-state index contributed by atoms with van der Waals surface area (Å²) in [5.74, 6) is -1.09. The molecule has 122 valence electrons. The number of hydrogen-bond acceptors (Lipinski definition) is 5. The molecule has 1 aromatic carbocycles. The van der Waals surface area contributed by atoms with Gasteiger partial charge in [-0.15, -0.1) is 0 Å². The third-order valence-electron chi connectivity index (χ3n) is 3.74. The fourth-order valence-corrected chi connectivity index (χ4v) is 2.44. The van der Waals surface area contributed by atoms with Crippen molar-refractivity contribution < 1.29 is 14.4 Å². The van der Waals surface area contributed by atoms with E-state index in [9.17, 15) is 14.4 Å². The molecule has 1 aromatic heterocycles. The second-order valence-corrected chi connectivity index (χ2v) is 5.49. The van der Waals surface area contributed by atoms with Crippen molar-refractivity contribution in [1.82, 2.24) is 15.8 Å². The van der Waals surface area contributed by atoms with Crippen molar-refractivity contribution in [3.63, 3.8) is 0 Å². The highest BCUT2D eigenvalue weighted by molar-refractivity contribution is 6.22.